The number of amides is 1. The van der Waals surface area contributed by atoms with Crippen LogP contribution in [-0.4, -0.2) is 15.7 Å². The Morgan fingerprint density at radius 1 is 1.29 bits per heavy atom. The second-order valence-corrected chi connectivity index (χ2v) is 5.70. The maximum atomic E-state index is 11.6. The van der Waals surface area contributed by atoms with Crippen LogP contribution >= 0.6 is 34.8 Å². The van der Waals surface area contributed by atoms with Crippen LogP contribution in [0.4, 0.5) is 5.82 Å². The van der Waals surface area contributed by atoms with Crippen LogP contribution in [0.25, 0.3) is 5.69 Å². The molecule has 0 bridgehead atoms. The van der Waals surface area contributed by atoms with Crippen molar-refractivity contribution in [2.24, 2.45) is 5.73 Å². The minimum Gasteiger partial charge on any atom is -0.383 e. The fourth-order valence-electron chi connectivity index (χ4n) is 2.07. The van der Waals surface area contributed by atoms with Crippen LogP contribution in [0.2, 0.25) is 15.1 Å². The van der Waals surface area contributed by atoms with Crippen molar-refractivity contribution in [1.29, 1.82) is 0 Å². The van der Waals surface area contributed by atoms with Gasteiger partial charge >= 0.3 is 0 Å². The molecule has 2 rings (SSSR count). The summed E-state index contributed by atoms with van der Waals surface area (Å²) in [6.07, 6.45) is 1.36. The Kier molecular flexibility index (Phi) is 4.66. The van der Waals surface area contributed by atoms with Crippen molar-refractivity contribution in [1.82, 2.24) is 9.78 Å². The number of nitrogens with two attached hydrogens (primary N) is 2. The Morgan fingerprint density at radius 2 is 1.86 bits per heavy atom. The summed E-state index contributed by atoms with van der Waals surface area (Å²) in [7, 11) is 0. The molecule has 1 heterocycles. The van der Waals surface area contributed by atoms with E-state index < -0.39 is 5.91 Å². The van der Waals surface area contributed by atoms with Crippen LogP contribution in [-0.2, 0) is 6.42 Å². The third-order valence-corrected chi connectivity index (χ3v) is 3.71. The maximum absolute atomic E-state index is 11.6. The van der Waals surface area contributed by atoms with Crippen LogP contribution in [0.3, 0.4) is 0 Å². The smallest absolute Gasteiger partial charge is 0.254 e. The number of carbonyl (C=O) groups is 1. The second kappa shape index (κ2) is 6.13. The molecule has 1 aromatic heterocycles. The molecule has 0 unspecified atom stereocenters. The third-order valence-electron chi connectivity index (χ3n) is 2.92. The van der Waals surface area contributed by atoms with Crippen molar-refractivity contribution in [3.8, 4) is 5.69 Å². The van der Waals surface area contributed by atoms with Gasteiger partial charge in [-0.25, -0.2) is 4.68 Å². The quantitative estimate of drug-likeness (QED) is 0.887. The zero-order chi connectivity index (χ0) is 15.7. The van der Waals surface area contributed by atoms with Gasteiger partial charge in [0, 0.05) is 5.02 Å². The number of nitrogens with zero attached hydrogens (tertiary/aromatic N) is 2. The van der Waals surface area contributed by atoms with Gasteiger partial charge < -0.3 is 11.5 Å². The molecule has 0 saturated heterocycles. The monoisotopic (exact) mass is 346 g/mol. The van der Waals surface area contributed by atoms with Crippen molar-refractivity contribution in [2.45, 2.75) is 19.8 Å². The van der Waals surface area contributed by atoms with Crippen molar-refractivity contribution >= 4 is 46.5 Å². The SMILES string of the molecule is CCCc1nn(-c2c(Cl)cc(Cl)cc2Cl)c(N)c1C(N)=O. The highest BCUT2D eigenvalue weighted by Gasteiger charge is 2.23. The Balaban J connectivity index is 2.71. The molecule has 4 N–H and O–H groups in total. The summed E-state index contributed by atoms with van der Waals surface area (Å²) in [4.78, 5) is 11.6. The van der Waals surface area contributed by atoms with Gasteiger partial charge in [-0.2, -0.15) is 5.10 Å². The van der Waals surface area contributed by atoms with Gasteiger partial charge in [-0.15, -0.1) is 0 Å². The number of benzene rings is 1. The minimum atomic E-state index is -0.636. The van der Waals surface area contributed by atoms with Crippen molar-refractivity contribution in [3.05, 3.63) is 38.5 Å². The molecule has 0 aliphatic carbocycles. The number of aryl methyl sites for hydroxylation is 1. The predicted octanol–water partition coefficient (Wildman–Crippen LogP) is 3.47. The summed E-state index contributed by atoms with van der Waals surface area (Å²) in [6.45, 7) is 1.96. The van der Waals surface area contributed by atoms with E-state index in [1.54, 1.807) is 0 Å². The second-order valence-electron chi connectivity index (χ2n) is 4.45. The molecule has 0 saturated carbocycles. The van der Waals surface area contributed by atoms with E-state index in [9.17, 15) is 4.79 Å². The predicted molar refractivity (Wildman–Crippen MR) is 85.5 cm³/mol. The summed E-state index contributed by atoms with van der Waals surface area (Å²) in [5.74, 6) is -0.527. The van der Waals surface area contributed by atoms with E-state index in [2.05, 4.69) is 5.10 Å². The number of hydrogen-bond acceptors (Lipinski definition) is 3. The lowest BCUT2D eigenvalue weighted by Gasteiger charge is -2.09. The van der Waals surface area contributed by atoms with E-state index in [1.807, 2.05) is 6.92 Å². The molecule has 2 aromatic rings. The lowest BCUT2D eigenvalue weighted by molar-refractivity contribution is 0.100. The van der Waals surface area contributed by atoms with Gasteiger partial charge in [-0.05, 0) is 18.6 Å². The van der Waals surface area contributed by atoms with Gasteiger partial charge in [0.05, 0.1) is 15.7 Å². The Morgan fingerprint density at radius 3 is 2.33 bits per heavy atom. The zero-order valence-corrected chi connectivity index (χ0v) is 13.4. The molecule has 112 valence electrons. The van der Waals surface area contributed by atoms with Crippen molar-refractivity contribution < 1.29 is 4.79 Å². The molecule has 0 radical (unpaired) electrons. The number of hydrogen-bond donors (Lipinski definition) is 2. The highest BCUT2D eigenvalue weighted by Crippen LogP contribution is 2.34. The van der Waals surface area contributed by atoms with Crippen LogP contribution < -0.4 is 11.5 Å². The number of aromatic nitrogens is 2. The standard InChI is InChI=1S/C13H13Cl3N4O/c1-2-3-9-10(13(18)21)12(17)20(19-9)11-7(15)4-6(14)5-8(11)16/h4-5H,2-3,17H2,1H3,(H2,18,21). The molecule has 0 aliphatic heterocycles. The first-order chi connectivity index (χ1) is 9.86. The zero-order valence-electron chi connectivity index (χ0n) is 11.2. The summed E-state index contributed by atoms with van der Waals surface area (Å²) in [6, 6.07) is 3.05. The molecular formula is C13H13Cl3N4O. The first-order valence-electron chi connectivity index (χ1n) is 6.18. The molecule has 1 amide bonds. The number of rotatable bonds is 4. The Hall–Kier alpha value is -1.43. The summed E-state index contributed by atoms with van der Waals surface area (Å²) < 4.78 is 1.33. The van der Waals surface area contributed by atoms with Crippen molar-refractivity contribution in [3.63, 3.8) is 0 Å². The molecule has 1 aromatic carbocycles. The van der Waals surface area contributed by atoms with E-state index in [0.29, 0.717) is 22.8 Å². The fourth-order valence-corrected chi connectivity index (χ4v) is 3.04. The number of anilines is 1. The largest absolute Gasteiger partial charge is 0.383 e. The molecule has 21 heavy (non-hydrogen) atoms. The molecule has 5 nitrogen and oxygen atoms in total. The van der Waals surface area contributed by atoms with Gasteiger partial charge in [0.15, 0.2) is 0 Å². The van der Waals surface area contributed by atoms with Crippen LogP contribution in [0.15, 0.2) is 12.1 Å². The highest BCUT2D eigenvalue weighted by atomic mass is 35.5. The number of halogens is 3. The molecule has 0 fully saturated rings. The topological polar surface area (TPSA) is 86.9 Å². The van der Waals surface area contributed by atoms with E-state index in [1.165, 1.54) is 16.8 Å². The minimum absolute atomic E-state index is 0.108. The van der Waals surface area contributed by atoms with Gasteiger partial charge in [-0.3, -0.25) is 4.79 Å². The van der Waals surface area contributed by atoms with E-state index in [0.717, 1.165) is 6.42 Å². The summed E-state index contributed by atoms with van der Waals surface area (Å²) in [5.41, 5.74) is 12.4. The normalized spacial score (nSPS) is 10.9. The average Bonchev–Trinajstić information content (AvgIpc) is 2.65. The van der Waals surface area contributed by atoms with E-state index in [4.69, 9.17) is 46.3 Å². The Labute approximate surface area is 136 Å². The molecule has 0 atom stereocenters. The van der Waals surface area contributed by atoms with Crippen LogP contribution in [0.5, 0.6) is 0 Å². The third kappa shape index (κ3) is 2.95. The Bertz CT molecular complexity index is 689. The summed E-state index contributed by atoms with van der Waals surface area (Å²) in [5, 5.41) is 5.27. The van der Waals surface area contributed by atoms with Gasteiger partial charge in [-0.1, -0.05) is 48.1 Å². The van der Waals surface area contributed by atoms with Gasteiger partial charge in [0.25, 0.3) is 5.91 Å². The lowest BCUT2D eigenvalue weighted by atomic mass is 10.1. The average molecular weight is 348 g/mol. The van der Waals surface area contributed by atoms with Crippen molar-refractivity contribution in [2.75, 3.05) is 5.73 Å². The summed E-state index contributed by atoms with van der Waals surface area (Å²) >= 11 is 18.2. The molecule has 0 aliphatic rings. The first-order valence-corrected chi connectivity index (χ1v) is 7.32. The fraction of sp³-hybridized carbons (Fsp3) is 0.231. The maximum Gasteiger partial charge on any atom is 0.254 e. The van der Waals surface area contributed by atoms with E-state index >= 15 is 0 Å². The first kappa shape index (κ1) is 15.9. The van der Waals surface area contributed by atoms with Crippen LogP contribution in [0, 0.1) is 0 Å². The number of nitrogen functional groups attached to an aromatic ring is 1. The number of carbonyl (C=O) groups excluding carboxylic acids is 1. The molecule has 8 heteroatoms. The number of primary amides is 1. The lowest BCUT2D eigenvalue weighted by Crippen LogP contribution is -2.15. The van der Waals surface area contributed by atoms with E-state index in [-0.39, 0.29) is 21.4 Å². The molecule has 0 spiro atoms. The molecular weight excluding hydrogens is 335 g/mol. The van der Waals surface area contributed by atoms with Gasteiger partial charge in [0.2, 0.25) is 0 Å². The van der Waals surface area contributed by atoms with Crippen LogP contribution in [0.1, 0.15) is 29.4 Å². The highest BCUT2D eigenvalue weighted by molar-refractivity contribution is 6.40. The van der Waals surface area contributed by atoms with Gasteiger partial charge in [0.1, 0.15) is 17.1 Å².